The van der Waals surface area contributed by atoms with E-state index < -0.39 is 20.9 Å². The lowest BCUT2D eigenvalue weighted by atomic mass is 10.2. The number of halogens is 1. The van der Waals surface area contributed by atoms with Gasteiger partial charge in [-0.3, -0.25) is 19.6 Å². The first-order chi connectivity index (χ1) is 13.7. The molecule has 2 N–H and O–H groups in total. The van der Waals surface area contributed by atoms with Gasteiger partial charge < -0.3 is 5.32 Å². The summed E-state index contributed by atoms with van der Waals surface area (Å²) in [5, 5.41) is 13.3. The number of nitro benzene ring substituents is 1. The van der Waals surface area contributed by atoms with Gasteiger partial charge in [0.1, 0.15) is 0 Å². The van der Waals surface area contributed by atoms with Crippen LogP contribution >= 0.6 is 22.6 Å². The smallest absolute Gasteiger partial charge is 0.269 e. The maximum Gasteiger partial charge on any atom is 0.269 e. The summed E-state index contributed by atoms with van der Waals surface area (Å²) in [7, 11) is -3.77. The van der Waals surface area contributed by atoms with Gasteiger partial charge in [0, 0.05) is 32.6 Å². The first-order valence-corrected chi connectivity index (χ1v) is 10.7. The second-order valence-electron chi connectivity index (χ2n) is 5.89. The number of nitrogens with zero attached hydrogens (tertiary/aromatic N) is 1. The molecule has 0 saturated heterocycles. The summed E-state index contributed by atoms with van der Waals surface area (Å²) in [6.45, 7) is 0. The second kappa shape index (κ2) is 8.57. The Labute approximate surface area is 180 Å². The van der Waals surface area contributed by atoms with Crippen LogP contribution in [0.15, 0.2) is 77.7 Å². The van der Waals surface area contributed by atoms with Crippen LogP contribution in [0.25, 0.3) is 0 Å². The van der Waals surface area contributed by atoms with Gasteiger partial charge in [0.15, 0.2) is 0 Å². The third-order valence-corrected chi connectivity index (χ3v) is 5.98. The van der Waals surface area contributed by atoms with Gasteiger partial charge in [0.25, 0.3) is 21.6 Å². The van der Waals surface area contributed by atoms with Crippen molar-refractivity contribution in [3.8, 4) is 0 Å². The zero-order valence-corrected chi connectivity index (χ0v) is 17.7. The van der Waals surface area contributed by atoms with Crippen molar-refractivity contribution in [2.45, 2.75) is 4.90 Å². The minimum absolute atomic E-state index is 0.0457. The molecule has 0 aliphatic rings. The Morgan fingerprint density at radius 3 is 1.97 bits per heavy atom. The van der Waals surface area contributed by atoms with Crippen molar-refractivity contribution in [3.63, 3.8) is 0 Å². The molecule has 10 heteroatoms. The summed E-state index contributed by atoms with van der Waals surface area (Å²) >= 11 is 2.13. The quantitative estimate of drug-likeness (QED) is 0.285. The minimum atomic E-state index is -3.77. The summed E-state index contributed by atoms with van der Waals surface area (Å²) in [6.07, 6.45) is 0. The van der Waals surface area contributed by atoms with E-state index >= 15 is 0 Å². The van der Waals surface area contributed by atoms with Crippen molar-refractivity contribution in [1.82, 2.24) is 0 Å². The molecule has 0 heterocycles. The van der Waals surface area contributed by atoms with Crippen molar-refractivity contribution in [1.29, 1.82) is 0 Å². The molecular formula is C19H14IN3O5S. The van der Waals surface area contributed by atoms with Gasteiger partial charge in [-0.05, 0) is 83.3 Å². The molecule has 3 rings (SSSR count). The Morgan fingerprint density at radius 2 is 1.41 bits per heavy atom. The van der Waals surface area contributed by atoms with E-state index in [1.807, 2.05) is 0 Å². The molecule has 0 spiro atoms. The highest BCUT2D eigenvalue weighted by Gasteiger charge is 2.15. The number of sulfonamides is 1. The number of anilines is 2. The number of nitrogens with one attached hydrogen (secondary N) is 2. The Kier molecular flexibility index (Phi) is 6.13. The lowest BCUT2D eigenvalue weighted by Gasteiger charge is -2.10. The number of hydrogen-bond donors (Lipinski definition) is 2. The number of carbonyl (C=O) groups excluding carboxylic acids is 1. The zero-order chi connectivity index (χ0) is 21.0. The number of amides is 1. The molecule has 0 saturated carbocycles. The van der Waals surface area contributed by atoms with Gasteiger partial charge in [0.2, 0.25) is 0 Å². The van der Waals surface area contributed by atoms with Crippen LogP contribution < -0.4 is 10.0 Å². The molecule has 0 radical (unpaired) electrons. The zero-order valence-electron chi connectivity index (χ0n) is 14.7. The third-order valence-electron chi connectivity index (χ3n) is 3.86. The molecule has 3 aromatic carbocycles. The Hall–Kier alpha value is -2.99. The van der Waals surface area contributed by atoms with Crippen LogP contribution in [0.1, 0.15) is 10.4 Å². The molecule has 148 valence electrons. The molecular weight excluding hydrogens is 509 g/mol. The lowest BCUT2D eigenvalue weighted by Crippen LogP contribution is -2.14. The van der Waals surface area contributed by atoms with Gasteiger partial charge in [-0.15, -0.1) is 0 Å². The van der Waals surface area contributed by atoms with E-state index in [1.165, 1.54) is 48.5 Å². The van der Waals surface area contributed by atoms with Crippen LogP contribution in [0.2, 0.25) is 0 Å². The summed E-state index contributed by atoms with van der Waals surface area (Å²) in [6, 6.07) is 17.7. The van der Waals surface area contributed by atoms with Crippen LogP contribution in [0.5, 0.6) is 0 Å². The SMILES string of the molecule is O=C(Nc1ccc(S(=O)(=O)Nc2ccc(I)cc2)cc1)c1ccc([N+](=O)[O-])cc1. The van der Waals surface area contributed by atoms with Crippen molar-refractivity contribution in [2.75, 3.05) is 10.0 Å². The number of benzene rings is 3. The van der Waals surface area contributed by atoms with E-state index in [1.54, 1.807) is 24.3 Å². The van der Waals surface area contributed by atoms with E-state index in [9.17, 15) is 23.3 Å². The minimum Gasteiger partial charge on any atom is -0.322 e. The van der Waals surface area contributed by atoms with Gasteiger partial charge in [-0.1, -0.05) is 0 Å². The summed E-state index contributed by atoms with van der Waals surface area (Å²) < 4.78 is 28.4. The average molecular weight is 523 g/mol. The molecule has 0 bridgehead atoms. The average Bonchev–Trinajstić information content (AvgIpc) is 2.70. The maximum absolute atomic E-state index is 12.5. The van der Waals surface area contributed by atoms with Crippen LogP contribution in [-0.2, 0) is 10.0 Å². The fourth-order valence-corrected chi connectivity index (χ4v) is 3.81. The van der Waals surface area contributed by atoms with E-state index in [4.69, 9.17) is 0 Å². The highest BCUT2D eigenvalue weighted by molar-refractivity contribution is 14.1. The summed E-state index contributed by atoms with van der Waals surface area (Å²) in [4.78, 5) is 22.4. The highest BCUT2D eigenvalue weighted by atomic mass is 127. The molecule has 0 aromatic heterocycles. The van der Waals surface area contributed by atoms with Gasteiger partial charge in [-0.2, -0.15) is 0 Å². The fourth-order valence-electron chi connectivity index (χ4n) is 2.39. The number of nitro groups is 1. The first-order valence-electron chi connectivity index (χ1n) is 8.19. The summed E-state index contributed by atoms with van der Waals surface area (Å²) in [5.41, 5.74) is 0.965. The van der Waals surface area contributed by atoms with Gasteiger partial charge in [0.05, 0.1) is 9.82 Å². The number of non-ortho nitro benzene ring substituents is 1. The van der Waals surface area contributed by atoms with E-state index in [0.29, 0.717) is 11.4 Å². The van der Waals surface area contributed by atoms with Crippen LogP contribution in [-0.4, -0.2) is 19.2 Å². The largest absolute Gasteiger partial charge is 0.322 e. The topological polar surface area (TPSA) is 118 Å². The maximum atomic E-state index is 12.5. The van der Waals surface area contributed by atoms with Crippen LogP contribution in [0, 0.1) is 13.7 Å². The van der Waals surface area contributed by atoms with E-state index in [-0.39, 0.29) is 16.1 Å². The van der Waals surface area contributed by atoms with Crippen molar-refractivity contribution in [2.24, 2.45) is 0 Å². The predicted octanol–water partition coefficient (Wildman–Crippen LogP) is 4.25. The molecule has 0 aliphatic heterocycles. The monoisotopic (exact) mass is 523 g/mol. The molecule has 8 nitrogen and oxygen atoms in total. The Balaban J connectivity index is 1.69. The lowest BCUT2D eigenvalue weighted by molar-refractivity contribution is -0.384. The summed E-state index contributed by atoms with van der Waals surface area (Å²) in [5.74, 6) is -0.465. The number of hydrogen-bond acceptors (Lipinski definition) is 5. The predicted molar refractivity (Wildman–Crippen MR) is 117 cm³/mol. The Bertz CT molecular complexity index is 1150. The normalized spacial score (nSPS) is 10.9. The fraction of sp³-hybridized carbons (Fsp3) is 0. The van der Waals surface area contributed by atoms with Gasteiger partial charge in [-0.25, -0.2) is 8.42 Å². The van der Waals surface area contributed by atoms with E-state index in [2.05, 4.69) is 32.6 Å². The van der Waals surface area contributed by atoms with Crippen LogP contribution in [0.3, 0.4) is 0 Å². The van der Waals surface area contributed by atoms with Crippen molar-refractivity contribution >= 4 is 55.6 Å². The highest BCUT2D eigenvalue weighted by Crippen LogP contribution is 2.20. The molecule has 0 unspecified atom stereocenters. The molecule has 29 heavy (non-hydrogen) atoms. The van der Waals surface area contributed by atoms with Gasteiger partial charge >= 0.3 is 0 Å². The van der Waals surface area contributed by atoms with Crippen molar-refractivity contribution < 1.29 is 18.1 Å². The number of carbonyl (C=O) groups is 1. The van der Waals surface area contributed by atoms with Crippen molar-refractivity contribution in [3.05, 3.63) is 92.0 Å². The molecule has 0 atom stereocenters. The van der Waals surface area contributed by atoms with Crippen LogP contribution in [0.4, 0.5) is 17.1 Å². The molecule has 1 amide bonds. The number of rotatable bonds is 6. The third kappa shape index (κ3) is 5.29. The molecule has 0 aliphatic carbocycles. The van der Waals surface area contributed by atoms with E-state index in [0.717, 1.165) is 3.57 Å². The first kappa shape index (κ1) is 20.7. The molecule has 3 aromatic rings. The second-order valence-corrected chi connectivity index (χ2v) is 8.82. The molecule has 0 fully saturated rings. The Morgan fingerprint density at radius 1 is 0.862 bits per heavy atom. The standard InChI is InChI=1S/C19H14IN3O5S/c20-14-3-5-16(6-4-14)22-29(27,28)18-11-7-15(8-12-18)21-19(24)13-1-9-17(10-2-13)23(25)26/h1-12,22H,(H,21,24).